The highest BCUT2D eigenvalue weighted by Crippen LogP contribution is 2.38. The molecular formula is C23H26FN3O2. The van der Waals surface area contributed by atoms with Crippen molar-refractivity contribution in [1.29, 1.82) is 0 Å². The number of aryl methyl sites for hydroxylation is 1. The molecule has 0 unspecified atom stereocenters. The molecule has 0 radical (unpaired) electrons. The van der Waals surface area contributed by atoms with Gasteiger partial charge in [0.2, 0.25) is 0 Å². The van der Waals surface area contributed by atoms with Gasteiger partial charge in [-0.15, -0.1) is 0 Å². The molecule has 0 saturated heterocycles. The van der Waals surface area contributed by atoms with E-state index in [9.17, 15) is 9.18 Å². The van der Waals surface area contributed by atoms with E-state index in [2.05, 4.69) is 30.5 Å². The van der Waals surface area contributed by atoms with Crippen LogP contribution in [0.5, 0.6) is 5.75 Å². The fourth-order valence-electron chi connectivity index (χ4n) is 3.49. The van der Waals surface area contributed by atoms with E-state index < -0.39 is 11.7 Å². The number of hydrogen-bond donors (Lipinski definition) is 1. The lowest BCUT2D eigenvalue weighted by Crippen LogP contribution is -2.42. The summed E-state index contributed by atoms with van der Waals surface area (Å²) in [5, 5.41) is 3.94. The van der Waals surface area contributed by atoms with Gasteiger partial charge in [-0.2, -0.15) is 5.10 Å². The van der Waals surface area contributed by atoms with Crippen molar-refractivity contribution in [2.45, 2.75) is 33.2 Å². The van der Waals surface area contributed by atoms with Crippen LogP contribution in [0.3, 0.4) is 0 Å². The molecule has 6 heteroatoms. The van der Waals surface area contributed by atoms with Crippen LogP contribution in [0, 0.1) is 12.7 Å². The first-order valence-corrected chi connectivity index (χ1v) is 9.39. The first-order chi connectivity index (χ1) is 13.6. The average Bonchev–Trinajstić information content (AvgIpc) is 2.66. The Morgan fingerprint density at radius 3 is 2.66 bits per heavy atom. The Labute approximate surface area is 170 Å². The molecule has 0 spiro atoms. The minimum Gasteiger partial charge on any atom is -0.496 e. The van der Waals surface area contributed by atoms with Crippen LogP contribution < -0.4 is 15.1 Å². The number of halogens is 1. The maximum Gasteiger partial charge on any atom is 0.275 e. The summed E-state index contributed by atoms with van der Waals surface area (Å²) in [6.07, 6.45) is 3.47. The maximum atomic E-state index is 14.7. The zero-order valence-corrected chi connectivity index (χ0v) is 17.6. The molecule has 1 aliphatic rings. The van der Waals surface area contributed by atoms with E-state index in [1.807, 2.05) is 31.9 Å². The number of rotatable bonds is 4. The van der Waals surface area contributed by atoms with Gasteiger partial charge < -0.3 is 9.64 Å². The molecule has 5 nitrogen and oxygen atoms in total. The van der Waals surface area contributed by atoms with Gasteiger partial charge in [0.05, 0.1) is 24.4 Å². The summed E-state index contributed by atoms with van der Waals surface area (Å²) in [6.45, 7) is 8.09. The molecule has 0 bridgehead atoms. The van der Waals surface area contributed by atoms with Crippen LogP contribution >= 0.6 is 0 Å². The molecule has 2 aromatic rings. The second kappa shape index (κ2) is 7.70. The molecule has 0 atom stereocenters. The van der Waals surface area contributed by atoms with E-state index >= 15 is 0 Å². The lowest BCUT2D eigenvalue weighted by molar-refractivity contribution is 0.0952. The van der Waals surface area contributed by atoms with Gasteiger partial charge in [0, 0.05) is 23.9 Å². The van der Waals surface area contributed by atoms with Crippen LogP contribution in [-0.4, -0.2) is 31.8 Å². The van der Waals surface area contributed by atoms with Crippen molar-refractivity contribution in [3.05, 3.63) is 64.5 Å². The Bertz CT molecular complexity index is 1030. The van der Waals surface area contributed by atoms with Crippen molar-refractivity contribution in [1.82, 2.24) is 5.43 Å². The van der Waals surface area contributed by atoms with Gasteiger partial charge in [-0.3, -0.25) is 4.79 Å². The number of fused-ring (bicyclic) bond motifs is 1. The standard InChI is InChI=1S/C23H26FN3O2/c1-14-7-8-17(21(9-14)29-6)22(28)26-25-13-16-10-18-15(2)12-23(3,4)27(5)20(18)11-19(16)24/h7-13H,1-6H3,(H,26,28)/b25-13-. The smallest absolute Gasteiger partial charge is 0.275 e. The Kier molecular flexibility index (Phi) is 5.46. The topological polar surface area (TPSA) is 53.9 Å². The molecule has 2 aromatic carbocycles. The van der Waals surface area contributed by atoms with E-state index in [-0.39, 0.29) is 5.54 Å². The summed E-state index contributed by atoms with van der Waals surface area (Å²) in [6, 6.07) is 8.53. The van der Waals surface area contributed by atoms with Gasteiger partial charge >= 0.3 is 0 Å². The number of carbonyl (C=O) groups excluding carboxylic acids is 1. The molecule has 1 amide bonds. The number of ether oxygens (including phenoxy) is 1. The summed E-state index contributed by atoms with van der Waals surface area (Å²) in [4.78, 5) is 14.4. The fraction of sp³-hybridized carbons (Fsp3) is 0.304. The molecule has 152 valence electrons. The van der Waals surface area contributed by atoms with Gasteiger partial charge in [0.25, 0.3) is 5.91 Å². The highest BCUT2D eigenvalue weighted by molar-refractivity contribution is 5.97. The Morgan fingerprint density at radius 1 is 1.24 bits per heavy atom. The first kappa shape index (κ1) is 20.6. The molecular weight excluding hydrogens is 369 g/mol. The van der Waals surface area contributed by atoms with Crippen LogP contribution in [0.15, 0.2) is 41.5 Å². The van der Waals surface area contributed by atoms with Crippen molar-refractivity contribution in [2.24, 2.45) is 5.10 Å². The van der Waals surface area contributed by atoms with Crippen molar-refractivity contribution in [3.8, 4) is 5.75 Å². The lowest BCUT2D eigenvalue weighted by atomic mass is 9.88. The highest BCUT2D eigenvalue weighted by atomic mass is 19.1. The zero-order chi connectivity index (χ0) is 21.3. The maximum absolute atomic E-state index is 14.7. The number of hydrogen-bond acceptors (Lipinski definition) is 4. The van der Waals surface area contributed by atoms with Crippen LogP contribution in [-0.2, 0) is 0 Å². The van der Waals surface area contributed by atoms with E-state index in [0.717, 1.165) is 22.4 Å². The lowest BCUT2D eigenvalue weighted by Gasteiger charge is -2.40. The number of methoxy groups -OCH3 is 1. The third-order valence-corrected chi connectivity index (χ3v) is 5.31. The number of anilines is 1. The number of amides is 1. The molecule has 1 aliphatic heterocycles. The Hall–Kier alpha value is -3.15. The van der Waals surface area contributed by atoms with Crippen LogP contribution in [0.4, 0.5) is 10.1 Å². The van der Waals surface area contributed by atoms with Crippen LogP contribution in [0.1, 0.15) is 47.8 Å². The largest absolute Gasteiger partial charge is 0.496 e. The van der Waals surface area contributed by atoms with Crippen LogP contribution in [0.2, 0.25) is 0 Å². The SMILES string of the molecule is COc1cc(C)ccc1C(=O)N/N=C\c1cc2c(cc1F)N(C)C(C)(C)C=C2C. The second-order valence-corrected chi connectivity index (χ2v) is 7.83. The number of carbonyl (C=O) groups is 1. The van der Waals surface area contributed by atoms with Gasteiger partial charge in [0.1, 0.15) is 11.6 Å². The van der Waals surface area contributed by atoms with Crippen molar-refractivity contribution >= 4 is 23.4 Å². The minimum atomic E-state index is -0.422. The van der Waals surface area contributed by atoms with Crippen molar-refractivity contribution in [3.63, 3.8) is 0 Å². The van der Waals surface area contributed by atoms with E-state index in [4.69, 9.17) is 4.74 Å². The molecule has 1 N–H and O–H groups in total. The summed E-state index contributed by atoms with van der Waals surface area (Å²) in [5.41, 5.74) is 6.75. The van der Waals surface area contributed by atoms with Crippen molar-refractivity contribution < 1.29 is 13.9 Å². The molecule has 0 aliphatic carbocycles. The van der Waals surface area contributed by atoms with Gasteiger partial charge in [-0.25, -0.2) is 9.82 Å². The number of nitrogens with one attached hydrogen (secondary N) is 1. The van der Waals surface area contributed by atoms with Crippen molar-refractivity contribution in [2.75, 3.05) is 19.1 Å². The van der Waals surface area contributed by atoms with Gasteiger partial charge in [-0.1, -0.05) is 12.1 Å². The fourth-order valence-corrected chi connectivity index (χ4v) is 3.49. The Morgan fingerprint density at radius 2 is 1.97 bits per heavy atom. The van der Waals surface area contributed by atoms with Crippen LogP contribution in [0.25, 0.3) is 5.57 Å². The van der Waals surface area contributed by atoms with E-state index in [1.54, 1.807) is 18.2 Å². The monoisotopic (exact) mass is 395 g/mol. The Balaban J connectivity index is 1.84. The number of likely N-dealkylation sites (N-methyl/N-ethyl adjacent to an activating group) is 1. The average molecular weight is 395 g/mol. The number of benzene rings is 2. The van der Waals surface area contributed by atoms with E-state index in [0.29, 0.717) is 16.9 Å². The predicted octanol–water partition coefficient (Wildman–Crippen LogP) is 4.54. The molecule has 0 fully saturated rings. The quantitative estimate of drug-likeness (QED) is 0.611. The minimum absolute atomic E-state index is 0.194. The first-order valence-electron chi connectivity index (χ1n) is 9.39. The summed E-state index contributed by atoms with van der Waals surface area (Å²) in [5.74, 6) is -0.356. The molecule has 0 aromatic heterocycles. The van der Waals surface area contributed by atoms with E-state index in [1.165, 1.54) is 19.4 Å². The number of nitrogens with zero attached hydrogens (tertiary/aromatic N) is 2. The summed E-state index contributed by atoms with van der Waals surface area (Å²) >= 11 is 0. The molecule has 29 heavy (non-hydrogen) atoms. The summed E-state index contributed by atoms with van der Waals surface area (Å²) in [7, 11) is 3.45. The number of hydrazone groups is 1. The summed E-state index contributed by atoms with van der Waals surface area (Å²) < 4.78 is 19.9. The van der Waals surface area contributed by atoms with Gasteiger partial charge in [-0.05, 0) is 63.1 Å². The molecule has 0 saturated carbocycles. The molecule has 3 rings (SSSR count). The second-order valence-electron chi connectivity index (χ2n) is 7.83. The molecule has 1 heterocycles. The zero-order valence-electron chi connectivity index (χ0n) is 17.6. The number of allylic oxidation sites excluding steroid dienone is 1. The normalized spacial score (nSPS) is 15.1. The predicted molar refractivity (Wildman–Crippen MR) is 115 cm³/mol. The third-order valence-electron chi connectivity index (χ3n) is 5.31. The highest BCUT2D eigenvalue weighted by Gasteiger charge is 2.29. The van der Waals surface area contributed by atoms with Gasteiger partial charge in [0.15, 0.2) is 0 Å². The third kappa shape index (κ3) is 4.01.